The van der Waals surface area contributed by atoms with E-state index in [1.54, 1.807) is 13.3 Å². The van der Waals surface area contributed by atoms with Crippen LogP contribution in [0.15, 0.2) is 6.20 Å². The van der Waals surface area contributed by atoms with Crippen molar-refractivity contribution in [3.8, 4) is 0 Å². The minimum atomic E-state index is -0.0168. The highest BCUT2D eigenvalue weighted by Gasteiger charge is 2.26. The number of rotatable bonds is 7. The quantitative estimate of drug-likeness (QED) is 0.589. The highest BCUT2D eigenvalue weighted by atomic mass is 35.5. The number of hydrogen-bond donors (Lipinski definition) is 2. The van der Waals surface area contributed by atoms with Crippen molar-refractivity contribution in [2.75, 3.05) is 13.7 Å². The minimum absolute atomic E-state index is 0.0168. The van der Waals surface area contributed by atoms with Crippen molar-refractivity contribution in [1.82, 2.24) is 15.2 Å². The molecule has 0 spiro atoms. The predicted molar refractivity (Wildman–Crippen MR) is 73.2 cm³/mol. The van der Waals surface area contributed by atoms with E-state index in [-0.39, 0.29) is 6.04 Å². The van der Waals surface area contributed by atoms with Crippen LogP contribution in [0.2, 0.25) is 5.02 Å². The number of hydrogen-bond acceptors (Lipinski definition) is 4. The molecule has 0 aliphatic rings. The molecule has 2 atom stereocenters. The zero-order valence-electron chi connectivity index (χ0n) is 11.5. The molecule has 0 saturated heterocycles. The molecule has 0 aliphatic heterocycles. The zero-order chi connectivity index (χ0) is 13.7. The van der Waals surface area contributed by atoms with Gasteiger partial charge in [0, 0.05) is 7.11 Å². The monoisotopic (exact) mass is 274 g/mol. The lowest BCUT2D eigenvalue weighted by Crippen LogP contribution is -2.36. The van der Waals surface area contributed by atoms with Gasteiger partial charge < -0.3 is 4.74 Å². The molecule has 0 fully saturated rings. The number of nitrogens with one attached hydrogen (secondary N) is 1. The molecule has 0 aliphatic carbocycles. The Balaban J connectivity index is 3.00. The Labute approximate surface area is 114 Å². The maximum atomic E-state index is 6.23. The number of ether oxygens (including phenoxy) is 1. The molecule has 0 radical (unpaired) electrons. The topological polar surface area (TPSA) is 65.1 Å². The van der Waals surface area contributed by atoms with Crippen LogP contribution in [0.4, 0.5) is 0 Å². The summed E-state index contributed by atoms with van der Waals surface area (Å²) in [7, 11) is 1.67. The standard InChI is InChI=1S/C12H23ClN4O/c1-8(2)9(3)11(16-14)12-10(13)7-15-17(12)5-6-18-4/h7-9,11,16H,5-6,14H2,1-4H3. The molecule has 5 nitrogen and oxygen atoms in total. The van der Waals surface area contributed by atoms with Crippen molar-refractivity contribution in [2.45, 2.75) is 33.4 Å². The Morgan fingerprint density at radius 1 is 1.50 bits per heavy atom. The number of nitrogens with zero attached hydrogens (tertiary/aromatic N) is 2. The van der Waals surface area contributed by atoms with Crippen LogP contribution in [0.5, 0.6) is 0 Å². The van der Waals surface area contributed by atoms with Crippen LogP contribution in [0.3, 0.4) is 0 Å². The smallest absolute Gasteiger partial charge is 0.0834 e. The van der Waals surface area contributed by atoms with Crippen LogP contribution >= 0.6 is 11.6 Å². The van der Waals surface area contributed by atoms with E-state index in [1.807, 2.05) is 4.68 Å². The van der Waals surface area contributed by atoms with Crippen LogP contribution in [0, 0.1) is 11.8 Å². The Morgan fingerprint density at radius 2 is 2.17 bits per heavy atom. The zero-order valence-corrected chi connectivity index (χ0v) is 12.2. The molecule has 18 heavy (non-hydrogen) atoms. The lowest BCUT2D eigenvalue weighted by molar-refractivity contribution is 0.179. The van der Waals surface area contributed by atoms with Gasteiger partial charge in [-0.1, -0.05) is 32.4 Å². The third-order valence-electron chi connectivity index (χ3n) is 3.39. The average molecular weight is 275 g/mol. The van der Waals surface area contributed by atoms with E-state index < -0.39 is 0 Å². The summed E-state index contributed by atoms with van der Waals surface area (Å²) in [6.07, 6.45) is 1.66. The lowest BCUT2D eigenvalue weighted by Gasteiger charge is -2.27. The molecule has 104 valence electrons. The molecule has 1 aromatic rings. The first-order valence-corrected chi connectivity index (χ1v) is 6.57. The summed E-state index contributed by atoms with van der Waals surface area (Å²) < 4.78 is 6.93. The lowest BCUT2D eigenvalue weighted by atomic mass is 9.89. The molecular formula is C12H23ClN4O. The van der Waals surface area contributed by atoms with Crippen LogP contribution in [0.25, 0.3) is 0 Å². The normalized spacial score (nSPS) is 15.1. The van der Waals surface area contributed by atoms with Crippen molar-refractivity contribution >= 4 is 11.6 Å². The maximum Gasteiger partial charge on any atom is 0.0834 e. The van der Waals surface area contributed by atoms with Gasteiger partial charge in [0.25, 0.3) is 0 Å². The van der Waals surface area contributed by atoms with Crippen molar-refractivity contribution in [3.05, 3.63) is 16.9 Å². The number of halogens is 1. The first-order chi connectivity index (χ1) is 8.52. The second-order valence-corrected chi connectivity index (χ2v) is 5.25. The van der Waals surface area contributed by atoms with Gasteiger partial charge >= 0.3 is 0 Å². The van der Waals surface area contributed by atoms with E-state index in [9.17, 15) is 0 Å². The summed E-state index contributed by atoms with van der Waals surface area (Å²) in [4.78, 5) is 0. The van der Waals surface area contributed by atoms with Gasteiger partial charge in [-0.2, -0.15) is 5.10 Å². The van der Waals surface area contributed by atoms with Gasteiger partial charge in [-0.25, -0.2) is 0 Å². The summed E-state index contributed by atoms with van der Waals surface area (Å²) in [5.74, 6) is 6.53. The van der Waals surface area contributed by atoms with E-state index >= 15 is 0 Å². The third-order valence-corrected chi connectivity index (χ3v) is 3.68. The van der Waals surface area contributed by atoms with E-state index in [2.05, 4.69) is 31.3 Å². The molecule has 0 aromatic carbocycles. The van der Waals surface area contributed by atoms with Gasteiger partial charge in [0.1, 0.15) is 0 Å². The summed E-state index contributed by atoms with van der Waals surface area (Å²) in [6.45, 7) is 7.75. The predicted octanol–water partition coefficient (Wildman–Crippen LogP) is 1.98. The Morgan fingerprint density at radius 3 is 2.67 bits per heavy atom. The molecule has 1 aromatic heterocycles. The molecule has 0 saturated carbocycles. The first kappa shape index (κ1) is 15.4. The highest BCUT2D eigenvalue weighted by Crippen LogP contribution is 2.31. The van der Waals surface area contributed by atoms with E-state index in [1.165, 1.54) is 0 Å². The molecule has 2 unspecified atom stereocenters. The highest BCUT2D eigenvalue weighted by molar-refractivity contribution is 6.31. The Bertz CT molecular complexity index is 367. The summed E-state index contributed by atoms with van der Waals surface area (Å²) in [6, 6.07) is -0.0168. The van der Waals surface area contributed by atoms with Crippen LogP contribution in [0.1, 0.15) is 32.5 Å². The van der Waals surface area contributed by atoms with Gasteiger partial charge in [-0.3, -0.25) is 16.0 Å². The SMILES string of the molecule is COCCn1ncc(Cl)c1C(NN)C(C)C(C)C. The molecule has 3 N–H and O–H groups in total. The van der Waals surface area contributed by atoms with Gasteiger partial charge in [0.15, 0.2) is 0 Å². The maximum absolute atomic E-state index is 6.23. The van der Waals surface area contributed by atoms with Crippen molar-refractivity contribution in [2.24, 2.45) is 17.7 Å². The van der Waals surface area contributed by atoms with Crippen LogP contribution in [-0.4, -0.2) is 23.5 Å². The fraction of sp³-hybridized carbons (Fsp3) is 0.750. The average Bonchev–Trinajstić information content (AvgIpc) is 2.69. The van der Waals surface area contributed by atoms with Gasteiger partial charge in [-0.05, 0) is 11.8 Å². The third kappa shape index (κ3) is 3.45. The van der Waals surface area contributed by atoms with Gasteiger partial charge in [0.05, 0.1) is 36.1 Å². The van der Waals surface area contributed by atoms with Gasteiger partial charge in [-0.15, -0.1) is 0 Å². The number of aromatic nitrogens is 2. The molecule has 1 rings (SSSR count). The minimum Gasteiger partial charge on any atom is -0.383 e. The summed E-state index contributed by atoms with van der Waals surface area (Å²) in [5, 5.41) is 4.91. The van der Waals surface area contributed by atoms with E-state index in [0.29, 0.717) is 30.0 Å². The summed E-state index contributed by atoms with van der Waals surface area (Å²) >= 11 is 6.23. The first-order valence-electron chi connectivity index (χ1n) is 6.19. The largest absolute Gasteiger partial charge is 0.383 e. The number of hydrazine groups is 1. The fourth-order valence-corrected chi connectivity index (χ4v) is 2.16. The molecule has 6 heteroatoms. The Hall–Kier alpha value is -0.620. The van der Waals surface area contributed by atoms with E-state index in [4.69, 9.17) is 22.2 Å². The van der Waals surface area contributed by atoms with Crippen LogP contribution in [-0.2, 0) is 11.3 Å². The van der Waals surface area contributed by atoms with E-state index in [0.717, 1.165) is 5.69 Å². The number of nitrogens with two attached hydrogens (primary N) is 1. The second-order valence-electron chi connectivity index (χ2n) is 4.84. The summed E-state index contributed by atoms with van der Waals surface area (Å²) in [5.41, 5.74) is 3.79. The van der Waals surface area contributed by atoms with Crippen molar-refractivity contribution in [1.29, 1.82) is 0 Å². The number of methoxy groups -OCH3 is 1. The molecular weight excluding hydrogens is 252 g/mol. The molecule has 0 amide bonds. The fourth-order valence-electron chi connectivity index (χ4n) is 1.90. The van der Waals surface area contributed by atoms with Crippen molar-refractivity contribution in [3.63, 3.8) is 0 Å². The second kappa shape index (κ2) is 7.09. The van der Waals surface area contributed by atoms with Crippen molar-refractivity contribution < 1.29 is 4.74 Å². The Kier molecular flexibility index (Phi) is 6.08. The molecule has 1 heterocycles. The van der Waals surface area contributed by atoms with Crippen LogP contribution < -0.4 is 11.3 Å². The molecule has 0 bridgehead atoms. The van der Waals surface area contributed by atoms with Gasteiger partial charge in [0.2, 0.25) is 0 Å².